The van der Waals surface area contributed by atoms with Gasteiger partial charge in [-0.1, -0.05) is 54.6 Å². The van der Waals surface area contributed by atoms with Crippen LogP contribution in [-0.2, 0) is 10.3 Å². The van der Waals surface area contributed by atoms with Gasteiger partial charge in [-0.05, 0) is 50.8 Å². The van der Waals surface area contributed by atoms with Crippen molar-refractivity contribution >= 4 is 34.5 Å². The van der Waals surface area contributed by atoms with E-state index in [-0.39, 0.29) is 5.97 Å². The molecule has 1 aromatic rings. The molecule has 1 atom stereocenters. The molecule has 0 bridgehead atoms. The zero-order chi connectivity index (χ0) is 21.4. The summed E-state index contributed by atoms with van der Waals surface area (Å²) in [6.45, 7) is 7.05. The van der Waals surface area contributed by atoms with E-state index in [0.717, 1.165) is 40.8 Å². The number of esters is 1. The van der Waals surface area contributed by atoms with E-state index in [1.165, 1.54) is 0 Å². The summed E-state index contributed by atoms with van der Waals surface area (Å²) in [4.78, 5) is 18.2. The first kappa shape index (κ1) is 23.3. The Balaban J connectivity index is 0.000000211. The highest BCUT2D eigenvalue weighted by Gasteiger charge is 2.39. The van der Waals surface area contributed by atoms with E-state index in [4.69, 9.17) is 16.3 Å². The van der Waals surface area contributed by atoms with Gasteiger partial charge in [0, 0.05) is 36.3 Å². The number of hydrogen-bond acceptors (Lipinski definition) is 4. The van der Waals surface area contributed by atoms with Crippen LogP contribution in [0.4, 0.5) is 0 Å². The molecule has 6 heteroatoms. The summed E-state index contributed by atoms with van der Waals surface area (Å²) in [5.74, 6) is -0.194. The first-order chi connectivity index (χ1) is 13.8. The van der Waals surface area contributed by atoms with Gasteiger partial charge in [0.25, 0.3) is 0 Å². The monoisotopic (exact) mass is 432 g/mol. The van der Waals surface area contributed by atoms with Crippen molar-refractivity contribution in [2.24, 2.45) is 4.99 Å². The molecule has 0 amide bonds. The molecular weight excluding hydrogens is 404 g/mol. The number of benzene rings is 1. The lowest BCUT2D eigenvalue weighted by Crippen LogP contribution is -2.23. The summed E-state index contributed by atoms with van der Waals surface area (Å²) in [7, 11) is 2.05. The molecular formula is C23H29ClN2O2S. The minimum Gasteiger partial charge on any atom is -0.451 e. The van der Waals surface area contributed by atoms with Crippen LogP contribution >= 0.6 is 23.4 Å². The highest BCUT2D eigenvalue weighted by atomic mass is 35.5. The van der Waals surface area contributed by atoms with Crippen molar-refractivity contribution in [3.05, 3.63) is 70.4 Å². The molecule has 4 nitrogen and oxygen atoms in total. The maximum atomic E-state index is 11.4. The van der Waals surface area contributed by atoms with E-state index >= 15 is 0 Å². The molecule has 3 rings (SSSR count). The van der Waals surface area contributed by atoms with Gasteiger partial charge in [-0.2, -0.15) is 0 Å². The molecule has 1 aliphatic carbocycles. The van der Waals surface area contributed by atoms with Crippen LogP contribution in [0.25, 0.3) is 0 Å². The predicted molar refractivity (Wildman–Crippen MR) is 125 cm³/mol. The van der Waals surface area contributed by atoms with E-state index in [2.05, 4.69) is 16.8 Å². The number of fused-ring (bicyclic) bond motifs is 1. The van der Waals surface area contributed by atoms with Crippen LogP contribution in [0.3, 0.4) is 0 Å². The zero-order valence-corrected chi connectivity index (χ0v) is 19.3. The number of ether oxygens (including phenoxy) is 1. The fourth-order valence-corrected chi connectivity index (χ4v) is 3.72. The summed E-state index contributed by atoms with van der Waals surface area (Å²) in [5, 5.41) is 1.79. The lowest BCUT2D eigenvalue weighted by molar-refractivity contribution is -0.000772. The number of aliphatic imine (C=N–C) groups is 1. The third-order valence-corrected chi connectivity index (χ3v) is 5.99. The van der Waals surface area contributed by atoms with Gasteiger partial charge >= 0.3 is 5.97 Å². The second-order valence-electron chi connectivity index (χ2n) is 6.95. The number of cyclic esters (lactones) is 1. The second kappa shape index (κ2) is 10.7. The third kappa shape index (κ3) is 6.00. The van der Waals surface area contributed by atoms with Crippen LogP contribution in [0.2, 0.25) is 0 Å². The largest absolute Gasteiger partial charge is 0.451 e. The van der Waals surface area contributed by atoms with E-state index in [0.29, 0.717) is 5.56 Å². The number of thioether (sulfide) groups is 1. The topological polar surface area (TPSA) is 41.9 Å². The normalized spacial score (nSPS) is 20.6. The number of amidine groups is 1. The van der Waals surface area contributed by atoms with Gasteiger partial charge < -0.3 is 9.64 Å². The van der Waals surface area contributed by atoms with Crippen molar-refractivity contribution in [2.75, 3.05) is 19.8 Å². The highest BCUT2D eigenvalue weighted by molar-refractivity contribution is 8.13. The average Bonchev–Trinajstić information content (AvgIpc) is 2.85. The van der Waals surface area contributed by atoms with Gasteiger partial charge in [-0.25, -0.2) is 9.79 Å². The van der Waals surface area contributed by atoms with Crippen LogP contribution in [-0.4, -0.2) is 35.9 Å². The number of carbonyl (C=O) groups is 1. The van der Waals surface area contributed by atoms with Gasteiger partial charge in [-0.15, -0.1) is 0 Å². The first-order valence-electron chi connectivity index (χ1n) is 9.74. The van der Waals surface area contributed by atoms with Crippen molar-refractivity contribution in [3.63, 3.8) is 0 Å². The van der Waals surface area contributed by atoms with Crippen LogP contribution in [0, 0.1) is 0 Å². The van der Waals surface area contributed by atoms with E-state index in [9.17, 15) is 4.79 Å². The molecule has 1 unspecified atom stereocenters. The SMILES string of the molecule is CCC1(C)OC(=O)c2ccccc21.CCN(C)C(=NC1=CC=C(Cl)C=CC1)SC. The van der Waals surface area contributed by atoms with Crippen LogP contribution in [0.1, 0.15) is 49.5 Å². The molecule has 0 radical (unpaired) electrons. The number of nitrogens with zero attached hydrogens (tertiary/aromatic N) is 2. The number of carbonyl (C=O) groups excluding carboxylic acids is 1. The minimum absolute atomic E-state index is 0.194. The first-order valence-corrected chi connectivity index (χ1v) is 11.3. The quantitative estimate of drug-likeness (QED) is 0.328. The molecule has 2 aliphatic rings. The Morgan fingerprint density at radius 3 is 2.69 bits per heavy atom. The molecule has 0 N–H and O–H groups in total. The summed E-state index contributed by atoms with van der Waals surface area (Å²) < 4.78 is 5.33. The lowest BCUT2D eigenvalue weighted by atomic mass is 9.92. The van der Waals surface area contributed by atoms with E-state index < -0.39 is 5.60 Å². The van der Waals surface area contributed by atoms with Crippen molar-refractivity contribution in [2.45, 2.75) is 39.2 Å². The summed E-state index contributed by atoms with van der Waals surface area (Å²) in [6, 6.07) is 7.58. The Labute approximate surface area is 183 Å². The number of rotatable bonds is 3. The molecule has 0 aromatic heterocycles. The van der Waals surface area contributed by atoms with Gasteiger partial charge in [0.15, 0.2) is 5.17 Å². The van der Waals surface area contributed by atoms with E-state index in [1.54, 1.807) is 11.8 Å². The van der Waals surface area contributed by atoms with Crippen molar-refractivity contribution in [1.82, 2.24) is 4.90 Å². The second-order valence-corrected chi connectivity index (χ2v) is 8.16. The Morgan fingerprint density at radius 1 is 1.31 bits per heavy atom. The molecule has 29 heavy (non-hydrogen) atoms. The Morgan fingerprint density at radius 2 is 2.03 bits per heavy atom. The van der Waals surface area contributed by atoms with Gasteiger partial charge in [0.1, 0.15) is 5.60 Å². The Kier molecular flexibility index (Phi) is 8.60. The molecule has 156 valence electrons. The highest BCUT2D eigenvalue weighted by Crippen LogP contribution is 2.38. The van der Waals surface area contributed by atoms with Crippen LogP contribution < -0.4 is 0 Å². The number of hydrogen-bond donors (Lipinski definition) is 0. The maximum Gasteiger partial charge on any atom is 0.339 e. The summed E-state index contributed by atoms with van der Waals surface area (Å²) in [5.41, 5.74) is 2.36. The standard InChI is InChI=1S/C12H17ClN2S.C11H12O2/c1-4-15(2)12(16-3)14-11-7-5-6-10(13)8-9-11;1-3-11(2)9-7-5-4-6-8(9)10(12)13-11/h5-6,8-9H,4,7H2,1-3H3;4-7H,3H2,1-2H3. The van der Waals surface area contributed by atoms with Crippen LogP contribution in [0.15, 0.2) is 64.3 Å². The van der Waals surface area contributed by atoms with Crippen molar-refractivity contribution < 1.29 is 9.53 Å². The van der Waals surface area contributed by atoms with Gasteiger partial charge in [0.2, 0.25) is 0 Å². The fourth-order valence-electron chi connectivity index (χ4n) is 2.92. The Hall–Kier alpha value is -1.98. The maximum absolute atomic E-state index is 11.4. The third-order valence-electron chi connectivity index (χ3n) is 4.97. The summed E-state index contributed by atoms with van der Waals surface area (Å²) in [6.07, 6.45) is 11.5. The molecule has 1 aliphatic heterocycles. The molecule has 0 spiro atoms. The molecule has 0 fully saturated rings. The predicted octanol–water partition coefficient (Wildman–Crippen LogP) is 6.11. The lowest BCUT2D eigenvalue weighted by Gasteiger charge is -2.21. The van der Waals surface area contributed by atoms with Crippen LogP contribution in [0.5, 0.6) is 0 Å². The molecule has 0 saturated carbocycles. The Bertz CT molecular complexity index is 860. The number of allylic oxidation sites excluding steroid dienone is 5. The smallest absolute Gasteiger partial charge is 0.339 e. The van der Waals surface area contributed by atoms with Crippen molar-refractivity contribution in [3.8, 4) is 0 Å². The fraction of sp³-hybridized carbons (Fsp3) is 0.391. The average molecular weight is 433 g/mol. The zero-order valence-electron chi connectivity index (χ0n) is 17.7. The van der Waals surface area contributed by atoms with Crippen molar-refractivity contribution in [1.29, 1.82) is 0 Å². The number of halogens is 1. The molecule has 0 saturated heterocycles. The summed E-state index contributed by atoms with van der Waals surface area (Å²) >= 11 is 7.57. The van der Waals surface area contributed by atoms with Gasteiger partial charge in [0.05, 0.1) is 5.56 Å². The minimum atomic E-state index is -0.409. The van der Waals surface area contributed by atoms with E-state index in [1.807, 2.05) is 75.7 Å². The van der Waals surface area contributed by atoms with Gasteiger partial charge in [-0.3, -0.25) is 0 Å². The molecule has 1 aromatic carbocycles. The molecule has 1 heterocycles.